The Bertz CT molecular complexity index is 641. The van der Waals surface area contributed by atoms with Crippen molar-refractivity contribution in [3.63, 3.8) is 0 Å². The molecular formula is C15H16INO4. The van der Waals surface area contributed by atoms with E-state index in [4.69, 9.17) is 0 Å². The fourth-order valence-electron chi connectivity index (χ4n) is 2.41. The topological polar surface area (TPSA) is 74.7 Å². The molecule has 5 nitrogen and oxygen atoms in total. The molecule has 1 aliphatic rings. The number of hydrogen-bond acceptors (Lipinski definition) is 3. The summed E-state index contributed by atoms with van der Waals surface area (Å²) in [7, 11) is 0. The number of carbonyl (C=O) groups excluding carboxylic acids is 2. The minimum absolute atomic E-state index is 0.00363. The molecule has 112 valence electrons. The van der Waals surface area contributed by atoms with Gasteiger partial charge in [-0.1, -0.05) is 13.8 Å². The van der Waals surface area contributed by atoms with Crippen LogP contribution in [0.2, 0.25) is 0 Å². The van der Waals surface area contributed by atoms with Gasteiger partial charge >= 0.3 is 5.97 Å². The number of imide groups is 1. The number of rotatable bonds is 3. The van der Waals surface area contributed by atoms with E-state index in [1.165, 1.54) is 12.1 Å². The molecule has 1 aromatic carbocycles. The van der Waals surface area contributed by atoms with Crippen LogP contribution in [0.4, 0.5) is 5.69 Å². The number of carboxylic acid groups (broad SMARTS) is 1. The highest BCUT2D eigenvalue weighted by atomic mass is 127. The van der Waals surface area contributed by atoms with Gasteiger partial charge in [0.1, 0.15) is 0 Å². The van der Waals surface area contributed by atoms with Crippen LogP contribution in [0.25, 0.3) is 0 Å². The second-order valence-corrected chi connectivity index (χ2v) is 7.00. The summed E-state index contributed by atoms with van der Waals surface area (Å²) in [5.74, 6) is -1.83. The molecule has 1 atom stereocenters. The van der Waals surface area contributed by atoms with E-state index in [-0.39, 0.29) is 35.4 Å². The van der Waals surface area contributed by atoms with E-state index < -0.39 is 11.4 Å². The molecule has 1 unspecified atom stereocenters. The molecule has 0 radical (unpaired) electrons. The van der Waals surface area contributed by atoms with Crippen molar-refractivity contribution in [3.8, 4) is 0 Å². The molecule has 1 aliphatic heterocycles. The van der Waals surface area contributed by atoms with Crippen LogP contribution < -0.4 is 4.90 Å². The zero-order valence-electron chi connectivity index (χ0n) is 12.0. The number of halogens is 1. The Morgan fingerprint density at radius 2 is 2.00 bits per heavy atom. The number of benzene rings is 1. The zero-order chi connectivity index (χ0) is 15.9. The number of amides is 2. The maximum atomic E-state index is 12.6. The van der Waals surface area contributed by atoms with Crippen molar-refractivity contribution < 1.29 is 19.5 Å². The monoisotopic (exact) mass is 401 g/mol. The average Bonchev–Trinajstić information content (AvgIpc) is 2.62. The van der Waals surface area contributed by atoms with Gasteiger partial charge in [0.25, 0.3) is 0 Å². The Labute approximate surface area is 136 Å². The molecule has 21 heavy (non-hydrogen) atoms. The highest BCUT2D eigenvalue weighted by molar-refractivity contribution is 14.1. The number of nitrogens with zero attached hydrogens (tertiary/aromatic N) is 1. The summed E-state index contributed by atoms with van der Waals surface area (Å²) in [6.45, 7) is 5.53. The van der Waals surface area contributed by atoms with Crippen LogP contribution in [0.15, 0.2) is 18.2 Å². The first kappa shape index (κ1) is 15.9. The van der Waals surface area contributed by atoms with E-state index in [0.717, 1.165) is 8.47 Å². The largest absolute Gasteiger partial charge is 0.478 e. The Balaban J connectivity index is 2.56. The van der Waals surface area contributed by atoms with Crippen molar-refractivity contribution in [1.82, 2.24) is 0 Å². The van der Waals surface area contributed by atoms with Crippen molar-refractivity contribution in [2.45, 2.75) is 27.2 Å². The fraction of sp³-hybridized carbons (Fsp3) is 0.400. The van der Waals surface area contributed by atoms with Crippen molar-refractivity contribution in [2.24, 2.45) is 11.3 Å². The summed E-state index contributed by atoms with van der Waals surface area (Å²) in [6, 6.07) is 4.67. The minimum atomic E-state index is -1.15. The maximum Gasteiger partial charge on any atom is 0.337 e. The average molecular weight is 401 g/mol. The summed E-state index contributed by atoms with van der Waals surface area (Å²) in [4.78, 5) is 37.3. The predicted molar refractivity (Wildman–Crippen MR) is 86.2 cm³/mol. The Hall–Kier alpha value is -1.44. The smallest absolute Gasteiger partial charge is 0.337 e. The van der Waals surface area contributed by atoms with Crippen molar-refractivity contribution in [3.05, 3.63) is 27.3 Å². The first-order valence-corrected chi connectivity index (χ1v) is 7.66. The molecule has 0 saturated carbocycles. The summed E-state index contributed by atoms with van der Waals surface area (Å²) in [5, 5.41) is 9.31. The van der Waals surface area contributed by atoms with Crippen LogP contribution in [-0.2, 0) is 9.59 Å². The summed E-state index contributed by atoms with van der Waals surface area (Å²) in [5.41, 5.74) is -0.658. The van der Waals surface area contributed by atoms with Gasteiger partial charge in [0.15, 0.2) is 0 Å². The number of anilines is 1. The van der Waals surface area contributed by atoms with Gasteiger partial charge in [-0.05, 0) is 53.6 Å². The molecule has 0 bridgehead atoms. The van der Waals surface area contributed by atoms with Gasteiger partial charge in [0.2, 0.25) is 11.8 Å². The van der Waals surface area contributed by atoms with E-state index in [9.17, 15) is 19.5 Å². The molecule has 0 aromatic heterocycles. The zero-order valence-corrected chi connectivity index (χ0v) is 14.2. The summed E-state index contributed by atoms with van der Waals surface area (Å²) >= 11 is 1.99. The number of carboxylic acids is 1. The number of carbonyl (C=O) groups is 3. The normalized spacial score (nSPS) is 22.2. The van der Waals surface area contributed by atoms with E-state index in [0.29, 0.717) is 0 Å². The molecule has 1 aromatic rings. The van der Waals surface area contributed by atoms with Gasteiger partial charge in [-0.3, -0.25) is 9.59 Å². The Morgan fingerprint density at radius 3 is 2.48 bits per heavy atom. The van der Waals surface area contributed by atoms with Crippen LogP contribution in [0, 0.1) is 14.9 Å². The molecule has 1 heterocycles. The minimum Gasteiger partial charge on any atom is -0.478 e. The van der Waals surface area contributed by atoms with E-state index in [2.05, 4.69) is 0 Å². The maximum absolute atomic E-state index is 12.6. The molecular weight excluding hydrogens is 385 g/mol. The van der Waals surface area contributed by atoms with Gasteiger partial charge in [-0.2, -0.15) is 0 Å². The van der Waals surface area contributed by atoms with E-state index >= 15 is 0 Å². The van der Waals surface area contributed by atoms with Gasteiger partial charge in [-0.25, -0.2) is 9.69 Å². The van der Waals surface area contributed by atoms with Crippen LogP contribution in [0.3, 0.4) is 0 Å². The van der Waals surface area contributed by atoms with E-state index in [1.807, 2.05) is 36.4 Å². The molecule has 1 saturated heterocycles. The lowest BCUT2D eigenvalue weighted by molar-refractivity contribution is -0.126. The predicted octanol–water partition coefficient (Wildman–Crippen LogP) is 2.92. The van der Waals surface area contributed by atoms with Crippen molar-refractivity contribution in [2.75, 3.05) is 4.90 Å². The second-order valence-electron chi connectivity index (χ2n) is 5.75. The lowest BCUT2D eigenvalue weighted by Gasteiger charge is -2.26. The molecule has 0 aliphatic carbocycles. The third-order valence-electron chi connectivity index (χ3n) is 4.16. The molecule has 6 heteroatoms. The Kier molecular flexibility index (Phi) is 4.10. The fourth-order valence-corrected chi connectivity index (χ4v) is 2.90. The van der Waals surface area contributed by atoms with Crippen LogP contribution in [-0.4, -0.2) is 22.9 Å². The quantitative estimate of drug-likeness (QED) is 0.625. The molecule has 1 fully saturated rings. The lowest BCUT2D eigenvalue weighted by Crippen LogP contribution is -2.37. The SMILES string of the molecule is CC(C)C1(C)CC(=O)N(c2ccc(I)cc2C(=O)O)C1=O. The molecule has 1 N–H and O–H groups in total. The standard InChI is InChI=1S/C15H16INO4/c1-8(2)15(3)7-12(18)17(14(15)21)11-5-4-9(16)6-10(11)13(19)20/h4-6,8H,7H2,1-3H3,(H,19,20). The van der Waals surface area contributed by atoms with Crippen molar-refractivity contribution in [1.29, 1.82) is 0 Å². The lowest BCUT2D eigenvalue weighted by atomic mass is 9.78. The second kappa shape index (κ2) is 5.40. The van der Waals surface area contributed by atoms with Crippen LogP contribution in [0.1, 0.15) is 37.6 Å². The summed E-state index contributed by atoms with van der Waals surface area (Å²) < 4.78 is 0.736. The molecule has 2 amide bonds. The highest BCUT2D eigenvalue weighted by Crippen LogP contribution is 2.42. The highest BCUT2D eigenvalue weighted by Gasteiger charge is 2.51. The van der Waals surface area contributed by atoms with Gasteiger partial charge < -0.3 is 5.11 Å². The van der Waals surface area contributed by atoms with Crippen LogP contribution >= 0.6 is 22.6 Å². The van der Waals surface area contributed by atoms with Gasteiger partial charge in [0, 0.05) is 9.99 Å². The number of aromatic carboxylic acids is 1. The first-order chi connectivity index (χ1) is 9.68. The first-order valence-electron chi connectivity index (χ1n) is 6.58. The van der Waals surface area contributed by atoms with E-state index in [1.54, 1.807) is 13.0 Å². The Morgan fingerprint density at radius 1 is 1.38 bits per heavy atom. The molecule has 0 spiro atoms. The van der Waals surface area contributed by atoms with Crippen LogP contribution in [0.5, 0.6) is 0 Å². The van der Waals surface area contributed by atoms with Gasteiger partial charge in [-0.15, -0.1) is 0 Å². The number of hydrogen-bond donors (Lipinski definition) is 1. The third-order valence-corrected chi connectivity index (χ3v) is 4.83. The third kappa shape index (κ3) is 2.56. The van der Waals surface area contributed by atoms with Crippen molar-refractivity contribution >= 4 is 46.1 Å². The van der Waals surface area contributed by atoms with Gasteiger partial charge in [0.05, 0.1) is 16.7 Å². The molecule has 2 rings (SSSR count). The summed E-state index contributed by atoms with van der Waals surface area (Å²) in [6.07, 6.45) is 0.106.